The van der Waals surface area contributed by atoms with Gasteiger partial charge in [-0.3, -0.25) is 19.9 Å². The van der Waals surface area contributed by atoms with Crippen molar-refractivity contribution in [2.75, 3.05) is 12.4 Å². The summed E-state index contributed by atoms with van der Waals surface area (Å²) in [6.45, 7) is 0. The smallest absolute Gasteiger partial charge is 0.273 e. The molecular weight excluding hydrogens is 350 g/mol. The van der Waals surface area contributed by atoms with Gasteiger partial charge in [0.05, 0.1) is 5.02 Å². The molecule has 2 amide bonds. The maximum Gasteiger partial charge on any atom is 0.273 e. The Morgan fingerprint density at radius 2 is 2.21 bits per heavy atom. The molecule has 0 atom stereocenters. The number of nitrogens with one attached hydrogen (secondary N) is 1. The summed E-state index contributed by atoms with van der Waals surface area (Å²) in [5.74, 6) is -0.433. The molecule has 1 aliphatic rings. The Bertz CT molecular complexity index is 820. The van der Waals surface area contributed by atoms with Crippen LogP contribution >= 0.6 is 22.9 Å². The van der Waals surface area contributed by atoms with Gasteiger partial charge in [0.25, 0.3) is 5.91 Å². The fraction of sp³-hybridized carbons (Fsp3) is 0.267. The molecule has 9 heteroatoms. The summed E-state index contributed by atoms with van der Waals surface area (Å²) in [4.78, 5) is 32.8. The lowest BCUT2D eigenvalue weighted by molar-refractivity contribution is -0.130. The van der Waals surface area contributed by atoms with Crippen molar-refractivity contribution in [3.8, 4) is 0 Å². The molecule has 2 aromatic rings. The average molecular weight is 364 g/mol. The standard InChI is InChI=1S/C15H14ClN5O2S/c1-21-13(22)3-2-12(20-21)14(23)19-15-18-8-11(24-15)5-9-4-10(16)7-17-6-9/h4,6-8H,2-3,5H2,1H3,(H,18,19,23). The second-order valence-electron chi connectivity index (χ2n) is 5.24. The summed E-state index contributed by atoms with van der Waals surface area (Å²) in [7, 11) is 1.54. The number of hydrogen-bond acceptors (Lipinski definition) is 6. The molecule has 0 unspecified atom stereocenters. The molecule has 1 aliphatic heterocycles. The second-order valence-corrected chi connectivity index (χ2v) is 6.79. The number of aromatic nitrogens is 2. The van der Waals surface area contributed by atoms with E-state index in [1.165, 1.54) is 23.4 Å². The monoisotopic (exact) mass is 363 g/mol. The van der Waals surface area contributed by atoms with E-state index in [9.17, 15) is 9.59 Å². The Hall–Kier alpha value is -2.32. The molecule has 3 heterocycles. The van der Waals surface area contributed by atoms with Crippen LogP contribution in [0.2, 0.25) is 5.02 Å². The van der Waals surface area contributed by atoms with E-state index in [1.807, 2.05) is 6.07 Å². The molecular formula is C15H14ClN5O2S. The zero-order chi connectivity index (χ0) is 17.1. The number of hydrazone groups is 1. The van der Waals surface area contributed by atoms with Gasteiger partial charge in [-0.05, 0) is 11.6 Å². The van der Waals surface area contributed by atoms with E-state index < -0.39 is 0 Å². The molecule has 0 radical (unpaired) electrons. The van der Waals surface area contributed by atoms with Crippen molar-refractivity contribution < 1.29 is 9.59 Å². The predicted octanol–water partition coefficient (Wildman–Crippen LogP) is 2.33. The van der Waals surface area contributed by atoms with Gasteiger partial charge in [0.2, 0.25) is 5.91 Å². The molecule has 3 rings (SSSR count). The summed E-state index contributed by atoms with van der Waals surface area (Å²) in [5, 5.41) is 8.98. The van der Waals surface area contributed by atoms with Crippen LogP contribution in [0.1, 0.15) is 23.3 Å². The fourth-order valence-corrected chi connectivity index (χ4v) is 3.24. The Morgan fingerprint density at radius 1 is 1.38 bits per heavy atom. The number of hydrogen-bond donors (Lipinski definition) is 1. The average Bonchev–Trinajstić information content (AvgIpc) is 2.97. The third kappa shape index (κ3) is 3.95. The quantitative estimate of drug-likeness (QED) is 0.903. The molecule has 0 saturated heterocycles. The van der Waals surface area contributed by atoms with Gasteiger partial charge in [0.15, 0.2) is 5.13 Å². The lowest BCUT2D eigenvalue weighted by atomic mass is 10.1. The Kier molecular flexibility index (Phi) is 4.86. The molecule has 124 valence electrons. The largest absolute Gasteiger partial charge is 0.297 e. The SMILES string of the molecule is CN1N=C(C(=O)Nc2ncc(Cc3cncc(Cl)c3)s2)CCC1=O. The van der Waals surface area contributed by atoms with Crippen molar-refractivity contribution in [2.45, 2.75) is 19.3 Å². The zero-order valence-electron chi connectivity index (χ0n) is 12.8. The van der Waals surface area contributed by atoms with E-state index in [-0.39, 0.29) is 18.2 Å². The van der Waals surface area contributed by atoms with Crippen LogP contribution in [-0.2, 0) is 16.0 Å². The topological polar surface area (TPSA) is 87.6 Å². The molecule has 0 fully saturated rings. The van der Waals surface area contributed by atoms with Gasteiger partial charge in [-0.25, -0.2) is 9.99 Å². The van der Waals surface area contributed by atoms with Crippen LogP contribution in [0.25, 0.3) is 0 Å². The van der Waals surface area contributed by atoms with Gasteiger partial charge in [-0.2, -0.15) is 5.10 Å². The third-order valence-corrected chi connectivity index (χ3v) is 4.50. The van der Waals surface area contributed by atoms with Crippen molar-refractivity contribution in [1.29, 1.82) is 0 Å². The first-order chi connectivity index (χ1) is 11.5. The van der Waals surface area contributed by atoms with Gasteiger partial charge in [0.1, 0.15) is 5.71 Å². The molecule has 0 saturated carbocycles. The fourth-order valence-electron chi connectivity index (χ4n) is 2.20. The van der Waals surface area contributed by atoms with Crippen LogP contribution in [0.15, 0.2) is 29.8 Å². The molecule has 24 heavy (non-hydrogen) atoms. The number of carbonyl (C=O) groups excluding carboxylic acids is 2. The number of carbonyl (C=O) groups is 2. The van der Waals surface area contributed by atoms with E-state index in [0.29, 0.717) is 28.7 Å². The third-order valence-electron chi connectivity index (χ3n) is 3.38. The van der Waals surface area contributed by atoms with Crippen molar-refractivity contribution in [3.63, 3.8) is 0 Å². The van der Waals surface area contributed by atoms with Gasteiger partial charge in [-0.15, -0.1) is 11.3 Å². The molecule has 7 nitrogen and oxygen atoms in total. The number of pyridine rings is 1. The summed E-state index contributed by atoms with van der Waals surface area (Å²) in [6, 6.07) is 1.84. The van der Waals surface area contributed by atoms with Crippen LogP contribution in [0, 0.1) is 0 Å². The van der Waals surface area contributed by atoms with Crippen LogP contribution in [0.3, 0.4) is 0 Å². The molecule has 2 aromatic heterocycles. The number of halogens is 1. The van der Waals surface area contributed by atoms with E-state index in [4.69, 9.17) is 11.6 Å². The summed E-state index contributed by atoms with van der Waals surface area (Å²) in [5.41, 5.74) is 1.30. The van der Waals surface area contributed by atoms with E-state index in [0.717, 1.165) is 10.4 Å². The highest BCUT2D eigenvalue weighted by Crippen LogP contribution is 2.22. The van der Waals surface area contributed by atoms with Crippen molar-refractivity contribution in [1.82, 2.24) is 15.0 Å². The first-order valence-corrected chi connectivity index (χ1v) is 8.40. The van der Waals surface area contributed by atoms with Gasteiger partial charge in [-0.1, -0.05) is 11.6 Å². The molecule has 1 N–H and O–H groups in total. The number of rotatable bonds is 4. The Morgan fingerprint density at radius 3 is 2.96 bits per heavy atom. The minimum absolute atomic E-state index is 0.0989. The Balaban J connectivity index is 1.65. The van der Waals surface area contributed by atoms with Crippen LogP contribution in [0.4, 0.5) is 5.13 Å². The highest BCUT2D eigenvalue weighted by Gasteiger charge is 2.22. The minimum atomic E-state index is -0.334. The molecule has 0 spiro atoms. The second kappa shape index (κ2) is 7.06. The number of nitrogens with zero attached hydrogens (tertiary/aromatic N) is 4. The van der Waals surface area contributed by atoms with Crippen LogP contribution < -0.4 is 5.32 Å². The summed E-state index contributed by atoms with van der Waals surface area (Å²) < 4.78 is 0. The number of anilines is 1. The lowest BCUT2D eigenvalue weighted by Gasteiger charge is -2.18. The number of amides is 2. The van der Waals surface area contributed by atoms with E-state index in [1.54, 1.807) is 18.6 Å². The van der Waals surface area contributed by atoms with Crippen LogP contribution in [-0.4, -0.2) is 39.6 Å². The highest BCUT2D eigenvalue weighted by molar-refractivity contribution is 7.15. The van der Waals surface area contributed by atoms with Crippen molar-refractivity contribution >= 4 is 45.6 Å². The van der Waals surface area contributed by atoms with E-state index >= 15 is 0 Å². The lowest BCUT2D eigenvalue weighted by Crippen LogP contribution is -2.34. The predicted molar refractivity (Wildman–Crippen MR) is 92.2 cm³/mol. The summed E-state index contributed by atoms with van der Waals surface area (Å²) >= 11 is 7.30. The van der Waals surface area contributed by atoms with Crippen molar-refractivity contribution in [2.24, 2.45) is 5.10 Å². The van der Waals surface area contributed by atoms with Gasteiger partial charge < -0.3 is 0 Å². The van der Waals surface area contributed by atoms with E-state index in [2.05, 4.69) is 20.4 Å². The van der Waals surface area contributed by atoms with Gasteiger partial charge in [0, 0.05) is 49.8 Å². The normalized spacial score (nSPS) is 14.5. The first kappa shape index (κ1) is 16.5. The highest BCUT2D eigenvalue weighted by atomic mass is 35.5. The van der Waals surface area contributed by atoms with Crippen molar-refractivity contribution in [3.05, 3.63) is 40.1 Å². The molecule has 0 aliphatic carbocycles. The zero-order valence-corrected chi connectivity index (χ0v) is 14.4. The molecule has 0 aromatic carbocycles. The van der Waals surface area contributed by atoms with Gasteiger partial charge >= 0.3 is 0 Å². The first-order valence-electron chi connectivity index (χ1n) is 7.21. The maximum atomic E-state index is 12.2. The Labute approximate surface area is 147 Å². The maximum absolute atomic E-state index is 12.2. The van der Waals surface area contributed by atoms with Crippen LogP contribution in [0.5, 0.6) is 0 Å². The summed E-state index contributed by atoms with van der Waals surface area (Å²) in [6.07, 6.45) is 6.29. The number of thiazole rings is 1. The molecule has 0 bridgehead atoms. The minimum Gasteiger partial charge on any atom is -0.297 e.